The third-order valence-electron chi connectivity index (χ3n) is 4.26. The van der Waals surface area contributed by atoms with Gasteiger partial charge in [0.15, 0.2) is 0 Å². The van der Waals surface area contributed by atoms with Crippen LogP contribution in [0, 0.1) is 0 Å². The first-order valence-electron chi connectivity index (χ1n) is 6.04. The molecule has 1 aliphatic rings. The fourth-order valence-electron chi connectivity index (χ4n) is 1.98. The quantitative estimate of drug-likeness (QED) is 0.552. The van der Waals surface area contributed by atoms with Crippen LogP contribution < -0.4 is 0 Å². The van der Waals surface area contributed by atoms with Crippen LogP contribution in [0.5, 0.6) is 0 Å². The summed E-state index contributed by atoms with van der Waals surface area (Å²) in [7, 11) is -1.34. The van der Waals surface area contributed by atoms with Crippen molar-refractivity contribution in [1.29, 1.82) is 0 Å². The minimum atomic E-state index is -1.34. The van der Waals surface area contributed by atoms with Crippen LogP contribution in [0.15, 0.2) is 30.3 Å². The van der Waals surface area contributed by atoms with E-state index >= 15 is 0 Å². The van der Waals surface area contributed by atoms with Crippen LogP contribution in [0.4, 0.5) is 0 Å². The van der Waals surface area contributed by atoms with E-state index in [0.29, 0.717) is 16.9 Å². The van der Waals surface area contributed by atoms with Crippen LogP contribution in [0.2, 0.25) is 18.1 Å². The lowest BCUT2D eigenvalue weighted by molar-refractivity contribution is 0.397. The van der Waals surface area contributed by atoms with E-state index in [1.165, 1.54) is 5.56 Å². The zero-order chi connectivity index (χ0) is 12.0. The van der Waals surface area contributed by atoms with Crippen LogP contribution >= 0.6 is 0 Å². The van der Waals surface area contributed by atoms with Crippen molar-refractivity contribution >= 4 is 8.07 Å². The average molecular weight is 234 g/mol. The number of hydrogen-bond donors (Lipinski definition) is 0. The van der Waals surface area contributed by atoms with E-state index in [-0.39, 0.29) is 0 Å². The number of hydrogen-bond acceptors (Lipinski definition) is 1. The van der Waals surface area contributed by atoms with E-state index < -0.39 is 8.07 Å². The summed E-state index contributed by atoms with van der Waals surface area (Å²) in [5.74, 6) is 0. The van der Waals surface area contributed by atoms with Crippen molar-refractivity contribution in [3.8, 4) is 0 Å². The molecule has 1 aromatic rings. The van der Waals surface area contributed by atoms with Gasteiger partial charge in [-0.2, -0.15) is 0 Å². The minimum Gasteiger partial charge on any atom is -0.368 e. The van der Waals surface area contributed by atoms with Crippen molar-refractivity contribution in [2.45, 2.75) is 50.7 Å². The van der Waals surface area contributed by atoms with Gasteiger partial charge in [-0.25, -0.2) is 0 Å². The van der Waals surface area contributed by atoms with Gasteiger partial charge >= 0.3 is 0 Å². The van der Waals surface area contributed by atoms with Crippen LogP contribution in [-0.4, -0.2) is 13.8 Å². The molecule has 0 N–H and O–H groups in total. The maximum absolute atomic E-state index is 5.96. The molecular weight excluding hydrogens is 212 g/mol. The molecule has 0 bridgehead atoms. The summed E-state index contributed by atoms with van der Waals surface area (Å²) in [6.45, 7) is 11.9. The maximum Gasteiger partial charge on any atom is 0.106 e. The van der Waals surface area contributed by atoms with E-state index in [2.05, 4.69) is 64.2 Å². The minimum absolute atomic E-state index is 0.363. The predicted octanol–water partition coefficient (Wildman–Crippen LogP) is 4.17. The van der Waals surface area contributed by atoms with Gasteiger partial charge in [-0.3, -0.25) is 0 Å². The first kappa shape index (κ1) is 11.9. The highest BCUT2D eigenvalue weighted by atomic mass is 28.3. The Morgan fingerprint density at radius 2 is 1.62 bits per heavy atom. The third kappa shape index (κ3) is 1.96. The summed E-state index contributed by atoms with van der Waals surface area (Å²) in [4.78, 5) is 0. The average Bonchev–Trinajstić information content (AvgIpc) is 2.97. The summed E-state index contributed by atoms with van der Waals surface area (Å²) >= 11 is 0. The summed E-state index contributed by atoms with van der Waals surface area (Å²) in [5, 5.41) is 0.404. The molecule has 0 aliphatic carbocycles. The van der Waals surface area contributed by atoms with E-state index in [1.807, 2.05) is 0 Å². The van der Waals surface area contributed by atoms with Gasteiger partial charge in [-0.1, -0.05) is 64.2 Å². The van der Waals surface area contributed by atoms with Gasteiger partial charge in [-0.05, 0) is 10.6 Å². The summed E-state index contributed by atoms with van der Waals surface area (Å²) in [5.41, 5.74) is 1.84. The van der Waals surface area contributed by atoms with Crippen molar-refractivity contribution in [3.63, 3.8) is 0 Å². The van der Waals surface area contributed by atoms with E-state index in [4.69, 9.17) is 4.74 Å². The number of ether oxygens (including phenoxy) is 1. The van der Waals surface area contributed by atoms with Gasteiger partial charge < -0.3 is 4.74 Å². The SMILES string of the molecule is CC(C)(C)[Si](C)(C)C1OC1c1ccccc1. The van der Waals surface area contributed by atoms with Crippen molar-refractivity contribution in [1.82, 2.24) is 0 Å². The molecule has 2 rings (SSSR count). The lowest BCUT2D eigenvalue weighted by atomic mass is 10.2. The molecule has 1 aliphatic heterocycles. The lowest BCUT2D eigenvalue weighted by Gasteiger charge is -2.35. The lowest BCUT2D eigenvalue weighted by Crippen LogP contribution is -2.43. The second kappa shape index (κ2) is 3.71. The summed E-state index contributed by atoms with van der Waals surface area (Å²) in [6, 6.07) is 10.6. The Bertz CT molecular complexity index is 364. The number of benzene rings is 1. The Hall–Kier alpha value is -0.603. The Morgan fingerprint density at radius 3 is 2.12 bits per heavy atom. The number of rotatable bonds is 2. The van der Waals surface area contributed by atoms with Crippen LogP contribution in [-0.2, 0) is 4.74 Å². The highest BCUT2D eigenvalue weighted by Gasteiger charge is 2.56. The molecule has 2 heteroatoms. The molecule has 1 nitrogen and oxygen atoms in total. The fourth-order valence-corrected chi connectivity index (χ4v) is 4.27. The first-order chi connectivity index (χ1) is 7.34. The van der Waals surface area contributed by atoms with E-state index in [0.717, 1.165) is 0 Å². The molecule has 0 spiro atoms. The summed E-state index contributed by atoms with van der Waals surface area (Å²) in [6.07, 6.45) is 0.363. The maximum atomic E-state index is 5.96. The predicted molar refractivity (Wildman–Crippen MR) is 71.3 cm³/mol. The highest BCUT2D eigenvalue weighted by molar-refractivity contribution is 6.82. The number of epoxide rings is 1. The molecule has 0 amide bonds. The largest absolute Gasteiger partial charge is 0.368 e. The fraction of sp³-hybridized carbons (Fsp3) is 0.571. The molecule has 2 atom stereocenters. The molecular formula is C14H22OSi. The van der Waals surface area contributed by atoms with Gasteiger partial charge in [0, 0.05) is 0 Å². The van der Waals surface area contributed by atoms with Crippen molar-refractivity contribution in [2.24, 2.45) is 0 Å². The Kier molecular flexibility index (Phi) is 2.75. The van der Waals surface area contributed by atoms with Crippen LogP contribution in [0.25, 0.3) is 0 Å². The second-order valence-corrected chi connectivity index (χ2v) is 11.9. The van der Waals surface area contributed by atoms with Crippen LogP contribution in [0.1, 0.15) is 32.4 Å². The first-order valence-corrected chi connectivity index (χ1v) is 9.12. The van der Waals surface area contributed by atoms with Gasteiger partial charge in [0.25, 0.3) is 0 Å². The molecule has 0 saturated carbocycles. The molecule has 16 heavy (non-hydrogen) atoms. The van der Waals surface area contributed by atoms with E-state index in [9.17, 15) is 0 Å². The normalized spacial score (nSPS) is 25.6. The standard InChI is InChI=1S/C14H22OSi/c1-14(2,3)16(4,5)13-12(15-13)11-9-7-6-8-10-11/h6-10,12-13H,1-5H3. The Labute approximate surface area is 99.8 Å². The van der Waals surface area contributed by atoms with Crippen molar-refractivity contribution < 1.29 is 4.74 Å². The highest BCUT2D eigenvalue weighted by Crippen LogP contribution is 2.52. The van der Waals surface area contributed by atoms with Gasteiger partial charge in [0.1, 0.15) is 6.10 Å². The third-order valence-corrected chi connectivity index (χ3v) is 9.99. The Morgan fingerprint density at radius 1 is 1.06 bits per heavy atom. The van der Waals surface area contributed by atoms with Crippen molar-refractivity contribution in [3.05, 3.63) is 35.9 Å². The molecule has 1 heterocycles. The molecule has 0 radical (unpaired) electrons. The summed E-state index contributed by atoms with van der Waals surface area (Å²) < 4.78 is 5.96. The molecule has 1 saturated heterocycles. The van der Waals surface area contributed by atoms with Gasteiger partial charge in [-0.15, -0.1) is 0 Å². The van der Waals surface area contributed by atoms with Gasteiger partial charge in [0.2, 0.25) is 0 Å². The van der Waals surface area contributed by atoms with E-state index in [1.54, 1.807) is 0 Å². The Balaban J connectivity index is 2.13. The second-order valence-electron chi connectivity index (χ2n) is 6.36. The van der Waals surface area contributed by atoms with Gasteiger partial charge in [0.05, 0.1) is 13.8 Å². The molecule has 2 unspecified atom stereocenters. The molecule has 1 aromatic carbocycles. The zero-order valence-corrected chi connectivity index (χ0v) is 11.9. The molecule has 1 fully saturated rings. The van der Waals surface area contributed by atoms with Crippen molar-refractivity contribution in [2.75, 3.05) is 0 Å². The molecule has 88 valence electrons. The van der Waals surface area contributed by atoms with Crippen LogP contribution in [0.3, 0.4) is 0 Å². The topological polar surface area (TPSA) is 12.5 Å². The zero-order valence-electron chi connectivity index (χ0n) is 10.9. The smallest absolute Gasteiger partial charge is 0.106 e. The molecule has 0 aromatic heterocycles. The monoisotopic (exact) mass is 234 g/mol.